The van der Waals surface area contributed by atoms with Crippen LogP contribution in [-0.4, -0.2) is 27.4 Å². The summed E-state index contributed by atoms with van der Waals surface area (Å²) >= 11 is 1.15. The van der Waals surface area contributed by atoms with Gasteiger partial charge in [0.2, 0.25) is 5.91 Å². The van der Waals surface area contributed by atoms with E-state index in [1.54, 1.807) is 12.3 Å². The van der Waals surface area contributed by atoms with Gasteiger partial charge in [0.05, 0.1) is 23.6 Å². The second-order valence-corrected chi connectivity index (χ2v) is 6.43. The van der Waals surface area contributed by atoms with E-state index < -0.39 is 5.54 Å². The number of aryl methyl sites for hydroxylation is 1. The molecule has 0 aliphatic heterocycles. The number of nitrogens with one attached hydrogen (secondary N) is 1. The van der Waals surface area contributed by atoms with Crippen molar-refractivity contribution in [2.45, 2.75) is 43.4 Å². The summed E-state index contributed by atoms with van der Waals surface area (Å²) in [5, 5.41) is 20.3. The fourth-order valence-electron chi connectivity index (χ4n) is 2.66. The van der Waals surface area contributed by atoms with Gasteiger partial charge < -0.3 is 14.2 Å². The molecular formula is C15H16N4O3S. The average Bonchev–Trinajstić information content (AvgIpc) is 3.26. The first-order valence-corrected chi connectivity index (χ1v) is 8.33. The summed E-state index contributed by atoms with van der Waals surface area (Å²) in [6.45, 7) is 1.81. The van der Waals surface area contributed by atoms with Gasteiger partial charge in [0.15, 0.2) is 0 Å². The van der Waals surface area contributed by atoms with Crippen LogP contribution in [0.15, 0.2) is 26.4 Å². The highest BCUT2D eigenvalue weighted by Crippen LogP contribution is 2.29. The molecule has 1 aliphatic rings. The largest absolute Gasteiger partial charge is 0.469 e. The Morgan fingerprint density at radius 1 is 1.48 bits per heavy atom. The number of amides is 1. The number of aromatic nitrogens is 2. The Labute approximate surface area is 137 Å². The molecular weight excluding hydrogens is 316 g/mol. The van der Waals surface area contributed by atoms with Crippen LogP contribution in [0, 0.1) is 18.3 Å². The molecule has 1 N–H and O–H groups in total. The van der Waals surface area contributed by atoms with Gasteiger partial charge in [-0.3, -0.25) is 4.79 Å². The van der Waals surface area contributed by atoms with Crippen LogP contribution in [0.2, 0.25) is 0 Å². The molecule has 0 aromatic carbocycles. The number of hydrogen-bond acceptors (Lipinski definition) is 7. The molecule has 0 bridgehead atoms. The van der Waals surface area contributed by atoms with Crippen molar-refractivity contribution < 1.29 is 13.6 Å². The molecule has 1 fully saturated rings. The number of nitriles is 1. The van der Waals surface area contributed by atoms with Gasteiger partial charge in [0.1, 0.15) is 11.3 Å². The minimum Gasteiger partial charge on any atom is -0.469 e. The zero-order valence-corrected chi connectivity index (χ0v) is 13.5. The second kappa shape index (κ2) is 6.46. The topological polar surface area (TPSA) is 105 Å². The summed E-state index contributed by atoms with van der Waals surface area (Å²) in [6.07, 6.45) is 4.92. The normalized spacial score (nSPS) is 16.2. The van der Waals surface area contributed by atoms with Crippen LogP contribution >= 0.6 is 11.8 Å². The number of nitrogens with zero attached hydrogens (tertiary/aromatic N) is 3. The van der Waals surface area contributed by atoms with E-state index in [2.05, 4.69) is 21.6 Å². The van der Waals surface area contributed by atoms with Crippen molar-refractivity contribution in [3.05, 3.63) is 18.1 Å². The third kappa shape index (κ3) is 3.40. The lowest BCUT2D eigenvalue weighted by Crippen LogP contribution is -2.45. The van der Waals surface area contributed by atoms with Crippen LogP contribution < -0.4 is 5.32 Å². The van der Waals surface area contributed by atoms with Crippen LogP contribution in [0.25, 0.3) is 11.5 Å². The first-order valence-electron chi connectivity index (χ1n) is 7.35. The van der Waals surface area contributed by atoms with E-state index in [0.29, 0.717) is 29.7 Å². The van der Waals surface area contributed by atoms with E-state index in [1.165, 1.54) is 0 Å². The Morgan fingerprint density at radius 3 is 2.91 bits per heavy atom. The van der Waals surface area contributed by atoms with Gasteiger partial charge in [-0.05, 0) is 38.7 Å². The Balaban J connectivity index is 1.57. The van der Waals surface area contributed by atoms with Gasteiger partial charge in [-0.2, -0.15) is 5.26 Å². The summed E-state index contributed by atoms with van der Waals surface area (Å²) in [5.41, 5.74) is 0.0362. The van der Waals surface area contributed by atoms with E-state index in [0.717, 1.165) is 30.2 Å². The predicted molar refractivity (Wildman–Crippen MR) is 82.4 cm³/mol. The van der Waals surface area contributed by atoms with Gasteiger partial charge in [-0.15, -0.1) is 10.2 Å². The molecule has 0 saturated heterocycles. The highest BCUT2D eigenvalue weighted by molar-refractivity contribution is 7.99. The molecule has 2 aromatic rings. The first-order chi connectivity index (χ1) is 11.1. The van der Waals surface area contributed by atoms with E-state index >= 15 is 0 Å². The summed E-state index contributed by atoms with van der Waals surface area (Å²) in [4.78, 5) is 12.0. The number of rotatable bonds is 5. The zero-order valence-electron chi connectivity index (χ0n) is 12.7. The van der Waals surface area contributed by atoms with Crippen molar-refractivity contribution in [3.63, 3.8) is 0 Å². The molecule has 1 amide bonds. The lowest BCUT2D eigenvalue weighted by molar-refractivity contribution is -0.119. The molecule has 8 heteroatoms. The molecule has 0 atom stereocenters. The number of carbonyl (C=O) groups is 1. The Hall–Kier alpha value is -2.27. The SMILES string of the molecule is Cc1occc1-c1nnc(SCC(=O)NC2(C#N)CCCC2)o1. The fourth-order valence-corrected chi connectivity index (χ4v) is 3.22. The van der Waals surface area contributed by atoms with Gasteiger partial charge >= 0.3 is 0 Å². The maximum absolute atomic E-state index is 12.0. The standard InChI is InChI=1S/C15H16N4O3S/c1-10-11(4-7-21-10)13-18-19-14(22-13)23-8-12(20)17-15(9-16)5-2-3-6-15/h4,7H,2-3,5-6,8H2,1H3,(H,17,20). The minimum atomic E-state index is -0.703. The lowest BCUT2D eigenvalue weighted by atomic mass is 10.0. The van der Waals surface area contributed by atoms with Crippen molar-refractivity contribution in [3.8, 4) is 17.5 Å². The highest BCUT2D eigenvalue weighted by atomic mass is 32.2. The van der Waals surface area contributed by atoms with E-state index in [1.807, 2.05) is 6.92 Å². The number of hydrogen-bond donors (Lipinski definition) is 1. The smallest absolute Gasteiger partial charge is 0.277 e. The molecule has 0 unspecified atom stereocenters. The fraction of sp³-hybridized carbons (Fsp3) is 0.467. The lowest BCUT2D eigenvalue weighted by Gasteiger charge is -2.21. The maximum Gasteiger partial charge on any atom is 0.277 e. The third-order valence-electron chi connectivity index (χ3n) is 3.87. The molecule has 1 saturated carbocycles. The van der Waals surface area contributed by atoms with Crippen LogP contribution in [0.4, 0.5) is 0 Å². The number of thioether (sulfide) groups is 1. The number of furan rings is 1. The van der Waals surface area contributed by atoms with Crippen molar-refractivity contribution in [1.29, 1.82) is 5.26 Å². The third-order valence-corrected chi connectivity index (χ3v) is 4.69. The Kier molecular flexibility index (Phi) is 4.39. The molecule has 0 spiro atoms. The second-order valence-electron chi connectivity index (χ2n) is 5.50. The van der Waals surface area contributed by atoms with Crippen molar-refractivity contribution in [2.24, 2.45) is 0 Å². The minimum absolute atomic E-state index is 0.134. The molecule has 3 rings (SSSR count). The van der Waals surface area contributed by atoms with E-state index in [-0.39, 0.29) is 11.7 Å². The molecule has 1 aliphatic carbocycles. The summed E-state index contributed by atoms with van der Waals surface area (Å²) in [5.74, 6) is 0.997. The molecule has 120 valence electrons. The van der Waals surface area contributed by atoms with Gasteiger partial charge in [0, 0.05) is 0 Å². The Morgan fingerprint density at radius 2 is 2.26 bits per heavy atom. The summed E-state index contributed by atoms with van der Waals surface area (Å²) in [6, 6.07) is 3.98. The molecule has 2 aromatic heterocycles. The van der Waals surface area contributed by atoms with Crippen LogP contribution in [0.1, 0.15) is 31.4 Å². The predicted octanol–water partition coefficient (Wildman–Crippen LogP) is 2.68. The zero-order chi connectivity index (χ0) is 16.3. The van der Waals surface area contributed by atoms with Gasteiger partial charge in [0.25, 0.3) is 11.1 Å². The van der Waals surface area contributed by atoms with E-state index in [4.69, 9.17) is 8.83 Å². The molecule has 2 heterocycles. The van der Waals surface area contributed by atoms with Gasteiger partial charge in [-0.25, -0.2) is 0 Å². The first kappa shape index (κ1) is 15.6. The van der Waals surface area contributed by atoms with Crippen molar-refractivity contribution in [2.75, 3.05) is 5.75 Å². The Bertz CT molecular complexity index is 740. The molecule has 0 radical (unpaired) electrons. The average molecular weight is 332 g/mol. The summed E-state index contributed by atoms with van der Waals surface area (Å²) in [7, 11) is 0. The number of carbonyl (C=O) groups excluding carboxylic acids is 1. The van der Waals surface area contributed by atoms with Crippen LogP contribution in [0.5, 0.6) is 0 Å². The quantitative estimate of drug-likeness (QED) is 0.839. The monoisotopic (exact) mass is 332 g/mol. The van der Waals surface area contributed by atoms with Gasteiger partial charge in [-0.1, -0.05) is 11.8 Å². The summed E-state index contributed by atoms with van der Waals surface area (Å²) < 4.78 is 10.7. The molecule has 23 heavy (non-hydrogen) atoms. The molecule has 7 nitrogen and oxygen atoms in total. The maximum atomic E-state index is 12.0. The van der Waals surface area contributed by atoms with Crippen molar-refractivity contribution in [1.82, 2.24) is 15.5 Å². The van der Waals surface area contributed by atoms with Crippen LogP contribution in [-0.2, 0) is 4.79 Å². The highest BCUT2D eigenvalue weighted by Gasteiger charge is 2.35. The van der Waals surface area contributed by atoms with E-state index in [9.17, 15) is 10.1 Å². The van der Waals surface area contributed by atoms with Crippen LogP contribution in [0.3, 0.4) is 0 Å². The van der Waals surface area contributed by atoms with Crippen molar-refractivity contribution >= 4 is 17.7 Å².